The molecule has 0 aliphatic rings. The average molecular weight is 387 g/mol. The zero-order valence-corrected chi connectivity index (χ0v) is 12.4. The van der Waals surface area contributed by atoms with Gasteiger partial charge in [-0.05, 0) is 37.9 Å². The molecule has 1 aromatic heterocycles. The molecule has 0 spiro atoms. The van der Waals surface area contributed by atoms with Crippen LogP contribution in [0.2, 0.25) is 0 Å². The highest BCUT2D eigenvalue weighted by Gasteiger charge is 2.22. The van der Waals surface area contributed by atoms with Crippen molar-refractivity contribution in [3.8, 4) is 0 Å². The number of carboxylic acids is 1. The van der Waals surface area contributed by atoms with Gasteiger partial charge in [0.15, 0.2) is 0 Å². The third-order valence-corrected chi connectivity index (χ3v) is 4.26. The molecule has 0 bridgehead atoms. The summed E-state index contributed by atoms with van der Waals surface area (Å²) in [7, 11) is 0. The van der Waals surface area contributed by atoms with Gasteiger partial charge in [0.1, 0.15) is 6.04 Å². The number of carbonyl (C=O) groups excluding carboxylic acids is 1. The Hall–Kier alpha value is -0.440. The summed E-state index contributed by atoms with van der Waals surface area (Å²) in [6, 6.07) is 0.514. The highest BCUT2D eigenvalue weighted by atomic mass is 79.9. The second-order valence-corrected chi connectivity index (χ2v) is 6.86. The predicted molar refractivity (Wildman–Crippen MR) is 70.3 cm³/mol. The molecule has 1 heterocycles. The van der Waals surface area contributed by atoms with E-state index >= 15 is 0 Å². The first-order chi connectivity index (χ1) is 7.95. The number of nitrogens with one attached hydrogen (secondary N) is 1. The van der Waals surface area contributed by atoms with Gasteiger partial charge in [-0.25, -0.2) is 4.79 Å². The van der Waals surface area contributed by atoms with Crippen LogP contribution in [-0.4, -0.2) is 34.7 Å². The molecule has 0 saturated heterocycles. The van der Waals surface area contributed by atoms with Crippen molar-refractivity contribution in [2.75, 3.05) is 6.61 Å². The van der Waals surface area contributed by atoms with Crippen LogP contribution in [-0.2, 0) is 4.79 Å². The molecule has 1 aromatic rings. The van der Waals surface area contributed by atoms with Crippen LogP contribution in [0.1, 0.15) is 16.8 Å². The second-order valence-electron chi connectivity index (χ2n) is 3.11. The Morgan fingerprint density at radius 1 is 1.47 bits per heavy atom. The van der Waals surface area contributed by atoms with Gasteiger partial charge < -0.3 is 15.5 Å². The minimum Gasteiger partial charge on any atom is -0.480 e. The molecule has 17 heavy (non-hydrogen) atoms. The summed E-state index contributed by atoms with van der Waals surface area (Å²) in [4.78, 5) is 22.6. The fourth-order valence-electron chi connectivity index (χ4n) is 1.12. The van der Waals surface area contributed by atoms with Crippen LogP contribution in [0.3, 0.4) is 0 Å². The van der Waals surface area contributed by atoms with Crippen molar-refractivity contribution in [2.24, 2.45) is 0 Å². The molecule has 1 rings (SSSR count). The van der Waals surface area contributed by atoms with Crippen LogP contribution in [0.15, 0.2) is 13.6 Å². The van der Waals surface area contributed by atoms with Gasteiger partial charge >= 0.3 is 5.97 Å². The van der Waals surface area contributed by atoms with Crippen LogP contribution in [0, 0.1) is 0 Å². The molecule has 0 saturated carbocycles. The number of hydrogen-bond acceptors (Lipinski definition) is 4. The molecule has 0 radical (unpaired) electrons. The van der Waals surface area contributed by atoms with Crippen LogP contribution < -0.4 is 5.32 Å². The van der Waals surface area contributed by atoms with Crippen molar-refractivity contribution in [2.45, 2.75) is 12.5 Å². The maximum atomic E-state index is 11.8. The minimum absolute atomic E-state index is 0.0238. The van der Waals surface area contributed by atoms with E-state index < -0.39 is 17.9 Å². The Bertz CT molecular complexity index is 435. The molecule has 3 N–H and O–H groups in total. The summed E-state index contributed by atoms with van der Waals surface area (Å²) in [5.41, 5.74) is 0.367. The molecule has 8 heteroatoms. The van der Waals surface area contributed by atoms with Crippen molar-refractivity contribution in [3.63, 3.8) is 0 Å². The van der Waals surface area contributed by atoms with E-state index in [1.165, 1.54) is 11.3 Å². The first-order valence-electron chi connectivity index (χ1n) is 4.55. The summed E-state index contributed by atoms with van der Waals surface area (Å²) < 4.78 is 1.39. The maximum absolute atomic E-state index is 11.8. The molecule has 94 valence electrons. The van der Waals surface area contributed by atoms with Crippen molar-refractivity contribution in [1.29, 1.82) is 0 Å². The zero-order valence-electron chi connectivity index (χ0n) is 8.44. The van der Waals surface area contributed by atoms with Gasteiger partial charge in [-0.15, -0.1) is 11.3 Å². The smallest absolute Gasteiger partial charge is 0.326 e. The molecular weight excluding hydrogens is 378 g/mol. The van der Waals surface area contributed by atoms with Crippen molar-refractivity contribution >= 4 is 55.1 Å². The van der Waals surface area contributed by atoms with Gasteiger partial charge in [0.2, 0.25) is 0 Å². The number of rotatable bonds is 5. The van der Waals surface area contributed by atoms with Gasteiger partial charge in [-0.2, -0.15) is 0 Å². The van der Waals surface area contributed by atoms with Gasteiger partial charge in [0.05, 0.1) is 13.1 Å². The van der Waals surface area contributed by atoms with Crippen molar-refractivity contribution in [1.82, 2.24) is 5.32 Å². The Morgan fingerprint density at radius 2 is 2.12 bits per heavy atom. The molecule has 0 fully saturated rings. The topological polar surface area (TPSA) is 86.6 Å². The number of aliphatic hydroxyl groups is 1. The number of hydrogen-bond donors (Lipinski definition) is 3. The monoisotopic (exact) mass is 385 g/mol. The normalized spacial score (nSPS) is 12.2. The summed E-state index contributed by atoms with van der Waals surface area (Å²) >= 11 is 7.77. The van der Waals surface area contributed by atoms with Crippen LogP contribution >= 0.6 is 43.2 Å². The molecule has 0 aromatic carbocycles. The van der Waals surface area contributed by atoms with E-state index in [-0.39, 0.29) is 13.0 Å². The number of carbonyl (C=O) groups is 2. The van der Waals surface area contributed by atoms with E-state index in [0.717, 1.165) is 3.79 Å². The molecular formula is C9H9Br2NO4S. The van der Waals surface area contributed by atoms with E-state index in [1.807, 2.05) is 0 Å². The maximum Gasteiger partial charge on any atom is 0.326 e. The lowest BCUT2D eigenvalue weighted by Gasteiger charge is -2.12. The molecule has 5 nitrogen and oxygen atoms in total. The van der Waals surface area contributed by atoms with E-state index in [4.69, 9.17) is 10.2 Å². The Balaban J connectivity index is 2.77. The first kappa shape index (κ1) is 14.6. The highest BCUT2D eigenvalue weighted by Crippen LogP contribution is 2.31. The summed E-state index contributed by atoms with van der Waals surface area (Å²) in [6.45, 7) is -0.300. The molecule has 1 amide bonds. The van der Waals surface area contributed by atoms with Gasteiger partial charge in [-0.1, -0.05) is 0 Å². The molecule has 0 aliphatic heterocycles. The molecule has 1 atom stereocenters. The van der Waals surface area contributed by atoms with E-state index in [1.54, 1.807) is 6.07 Å². The van der Waals surface area contributed by atoms with E-state index in [2.05, 4.69) is 37.2 Å². The number of carboxylic acid groups (broad SMARTS) is 1. The van der Waals surface area contributed by atoms with Gasteiger partial charge in [-0.3, -0.25) is 4.79 Å². The average Bonchev–Trinajstić information content (AvgIpc) is 2.57. The minimum atomic E-state index is -1.17. The van der Waals surface area contributed by atoms with Crippen LogP contribution in [0.25, 0.3) is 0 Å². The van der Waals surface area contributed by atoms with Crippen molar-refractivity contribution in [3.05, 3.63) is 19.2 Å². The molecule has 0 unspecified atom stereocenters. The number of amides is 1. The molecule has 0 aliphatic carbocycles. The van der Waals surface area contributed by atoms with Crippen LogP contribution in [0.4, 0.5) is 0 Å². The number of thiophene rings is 1. The van der Waals surface area contributed by atoms with Gasteiger partial charge in [0, 0.05) is 13.0 Å². The Morgan fingerprint density at radius 3 is 2.53 bits per heavy atom. The SMILES string of the molecule is O=C(N[C@@H](CCO)C(=O)O)c1cc(Br)sc1Br. The summed E-state index contributed by atoms with van der Waals surface area (Å²) in [5.74, 6) is -1.66. The Kier molecular flexibility index (Phi) is 5.57. The standard InChI is InChI=1S/C9H9Br2NO4S/c10-6-3-4(7(11)17-6)8(14)12-5(1-2-13)9(15)16/h3,5,13H,1-2H2,(H,12,14)(H,15,16)/t5-/m0/s1. The lowest BCUT2D eigenvalue weighted by Crippen LogP contribution is -2.41. The number of aliphatic carboxylic acids is 1. The predicted octanol–water partition coefficient (Wildman–Crippen LogP) is 1.84. The number of halogens is 2. The fraction of sp³-hybridized carbons (Fsp3) is 0.333. The van der Waals surface area contributed by atoms with E-state index in [9.17, 15) is 9.59 Å². The van der Waals surface area contributed by atoms with E-state index in [0.29, 0.717) is 9.35 Å². The summed E-state index contributed by atoms with van der Waals surface area (Å²) in [5, 5.41) is 19.9. The largest absolute Gasteiger partial charge is 0.480 e. The zero-order chi connectivity index (χ0) is 13.0. The summed E-state index contributed by atoms with van der Waals surface area (Å²) in [6.07, 6.45) is -0.0238. The highest BCUT2D eigenvalue weighted by molar-refractivity contribution is 9.12. The lowest BCUT2D eigenvalue weighted by molar-refractivity contribution is -0.139. The van der Waals surface area contributed by atoms with Gasteiger partial charge in [0.25, 0.3) is 5.91 Å². The second kappa shape index (κ2) is 6.48. The Labute approximate surface area is 118 Å². The number of aliphatic hydroxyl groups excluding tert-OH is 1. The fourth-order valence-corrected chi connectivity index (χ4v) is 3.91. The first-order valence-corrected chi connectivity index (χ1v) is 6.95. The van der Waals surface area contributed by atoms with Crippen molar-refractivity contribution < 1.29 is 19.8 Å². The quantitative estimate of drug-likeness (QED) is 0.720. The third kappa shape index (κ3) is 4.06. The van der Waals surface area contributed by atoms with Crippen LogP contribution in [0.5, 0.6) is 0 Å². The lowest BCUT2D eigenvalue weighted by atomic mass is 10.2. The third-order valence-electron chi connectivity index (χ3n) is 1.92.